The smallest absolute Gasteiger partial charge is 0.237 e. The van der Waals surface area contributed by atoms with Crippen molar-refractivity contribution in [3.05, 3.63) is 11.6 Å². The van der Waals surface area contributed by atoms with Crippen LogP contribution in [0.2, 0.25) is 0 Å². The number of aryl methyl sites for hydroxylation is 2. The molecule has 6 heteroatoms. The Bertz CT molecular complexity index is 471. The molecule has 3 N–H and O–H groups in total. The highest BCUT2D eigenvalue weighted by molar-refractivity contribution is 5.84. The van der Waals surface area contributed by atoms with Gasteiger partial charge in [0, 0.05) is 12.8 Å². The van der Waals surface area contributed by atoms with Crippen LogP contribution in [0.4, 0.5) is 0 Å². The summed E-state index contributed by atoms with van der Waals surface area (Å²) in [7, 11) is 0. The zero-order valence-electron chi connectivity index (χ0n) is 13.9. The van der Waals surface area contributed by atoms with Crippen LogP contribution in [0, 0.1) is 0 Å². The van der Waals surface area contributed by atoms with Crippen LogP contribution in [0.1, 0.15) is 65.2 Å². The second-order valence-corrected chi connectivity index (χ2v) is 5.77. The molecule has 2 unspecified atom stereocenters. The van der Waals surface area contributed by atoms with Crippen LogP contribution in [0.25, 0.3) is 0 Å². The van der Waals surface area contributed by atoms with Gasteiger partial charge in [0.05, 0.1) is 11.6 Å². The fraction of sp³-hybridized carbons (Fsp3) is 0.800. The van der Waals surface area contributed by atoms with Crippen LogP contribution in [0.3, 0.4) is 0 Å². The molecule has 120 valence electrons. The molecule has 21 heavy (non-hydrogen) atoms. The predicted molar refractivity (Wildman–Crippen MR) is 84.0 cm³/mol. The van der Waals surface area contributed by atoms with Gasteiger partial charge >= 0.3 is 0 Å². The second kappa shape index (κ2) is 7.54. The van der Waals surface area contributed by atoms with Crippen molar-refractivity contribution < 1.29 is 4.79 Å². The Kier molecular flexibility index (Phi) is 6.33. The van der Waals surface area contributed by atoms with Gasteiger partial charge in [-0.1, -0.05) is 20.8 Å². The minimum atomic E-state index is -0.723. The third-order valence-electron chi connectivity index (χ3n) is 3.81. The van der Waals surface area contributed by atoms with E-state index in [0.717, 1.165) is 37.5 Å². The number of hydrogen-bond acceptors (Lipinski definition) is 4. The van der Waals surface area contributed by atoms with Crippen molar-refractivity contribution in [1.82, 2.24) is 20.1 Å². The molecular weight excluding hydrogens is 266 g/mol. The maximum absolute atomic E-state index is 11.8. The van der Waals surface area contributed by atoms with E-state index < -0.39 is 5.54 Å². The van der Waals surface area contributed by atoms with Gasteiger partial charge in [-0.15, -0.1) is 0 Å². The number of aromatic nitrogens is 3. The van der Waals surface area contributed by atoms with Crippen LogP contribution in [-0.2, 0) is 17.6 Å². The number of nitrogens with two attached hydrogens (primary N) is 1. The number of nitrogens with zero attached hydrogens (tertiary/aromatic N) is 3. The van der Waals surface area contributed by atoms with E-state index in [-0.39, 0.29) is 11.9 Å². The molecule has 0 aromatic carbocycles. The summed E-state index contributed by atoms with van der Waals surface area (Å²) in [6.45, 7) is 10.9. The average Bonchev–Trinajstić information content (AvgIpc) is 2.88. The highest BCUT2D eigenvalue weighted by Crippen LogP contribution is 2.22. The Morgan fingerprint density at radius 1 is 1.38 bits per heavy atom. The van der Waals surface area contributed by atoms with Crippen molar-refractivity contribution in [3.8, 4) is 0 Å². The first-order valence-electron chi connectivity index (χ1n) is 7.87. The van der Waals surface area contributed by atoms with Crippen LogP contribution < -0.4 is 11.1 Å². The van der Waals surface area contributed by atoms with E-state index in [9.17, 15) is 4.79 Å². The van der Waals surface area contributed by atoms with Crippen molar-refractivity contribution in [1.29, 1.82) is 0 Å². The first kappa shape index (κ1) is 17.6. The molecular formula is C15H29N5O. The molecule has 0 spiro atoms. The van der Waals surface area contributed by atoms with Crippen LogP contribution in [-0.4, -0.2) is 32.8 Å². The normalized spacial score (nSPS) is 15.7. The number of hydrogen-bond donors (Lipinski definition) is 2. The lowest BCUT2D eigenvalue weighted by molar-refractivity contribution is -0.124. The molecule has 6 nitrogen and oxygen atoms in total. The zero-order valence-corrected chi connectivity index (χ0v) is 13.9. The van der Waals surface area contributed by atoms with Gasteiger partial charge in [-0.25, -0.2) is 9.67 Å². The zero-order chi connectivity index (χ0) is 16.0. The Morgan fingerprint density at radius 2 is 2.05 bits per heavy atom. The van der Waals surface area contributed by atoms with Crippen LogP contribution in [0.15, 0.2) is 0 Å². The van der Waals surface area contributed by atoms with Gasteiger partial charge in [-0.3, -0.25) is 4.79 Å². The summed E-state index contributed by atoms with van der Waals surface area (Å²) in [6.07, 6.45) is 3.20. The lowest BCUT2D eigenvalue weighted by atomic mass is 9.92. The maximum Gasteiger partial charge on any atom is 0.237 e. The van der Waals surface area contributed by atoms with E-state index in [1.807, 2.05) is 18.5 Å². The molecule has 0 saturated heterocycles. The number of amides is 1. The molecule has 0 aliphatic rings. The quantitative estimate of drug-likeness (QED) is 0.724. The van der Waals surface area contributed by atoms with E-state index in [0.29, 0.717) is 6.42 Å². The van der Waals surface area contributed by atoms with E-state index in [4.69, 9.17) is 5.73 Å². The largest absolute Gasteiger partial charge is 0.368 e. The summed E-state index contributed by atoms with van der Waals surface area (Å²) in [5.74, 6) is 1.49. The van der Waals surface area contributed by atoms with E-state index in [1.165, 1.54) is 0 Å². The van der Waals surface area contributed by atoms with Crippen LogP contribution >= 0.6 is 0 Å². The Balaban J connectivity index is 2.93. The molecule has 0 aliphatic heterocycles. The third-order valence-corrected chi connectivity index (χ3v) is 3.81. The van der Waals surface area contributed by atoms with Gasteiger partial charge < -0.3 is 11.1 Å². The molecule has 1 heterocycles. The SMILES string of the molecule is CCCNC(C)(CC(C)n1nc(CC)nc1CC)C(N)=O. The fourth-order valence-electron chi connectivity index (χ4n) is 2.49. The van der Waals surface area contributed by atoms with E-state index in [1.54, 1.807) is 0 Å². The van der Waals surface area contributed by atoms with Gasteiger partial charge in [0.25, 0.3) is 0 Å². The molecule has 0 fully saturated rings. The van der Waals surface area contributed by atoms with Crippen molar-refractivity contribution in [3.63, 3.8) is 0 Å². The molecule has 0 radical (unpaired) electrons. The fourth-order valence-corrected chi connectivity index (χ4v) is 2.49. The highest BCUT2D eigenvalue weighted by Gasteiger charge is 2.33. The first-order valence-corrected chi connectivity index (χ1v) is 7.87. The molecule has 1 amide bonds. The summed E-state index contributed by atoms with van der Waals surface area (Å²) < 4.78 is 1.94. The van der Waals surface area contributed by atoms with Crippen molar-refractivity contribution in [2.45, 2.75) is 71.9 Å². The van der Waals surface area contributed by atoms with Crippen LogP contribution in [0.5, 0.6) is 0 Å². The molecule has 1 aromatic heterocycles. The lowest BCUT2D eigenvalue weighted by Crippen LogP contribution is -2.54. The van der Waals surface area contributed by atoms with Gasteiger partial charge in [0.2, 0.25) is 5.91 Å². The average molecular weight is 295 g/mol. The van der Waals surface area contributed by atoms with Gasteiger partial charge in [-0.2, -0.15) is 5.10 Å². The standard InChI is InChI=1S/C15H29N5O/c1-6-9-17-15(5,14(16)21)10-11(4)20-13(8-3)18-12(7-2)19-20/h11,17H,6-10H2,1-5H3,(H2,16,21). The highest BCUT2D eigenvalue weighted by atomic mass is 16.1. The van der Waals surface area contributed by atoms with Crippen molar-refractivity contribution >= 4 is 5.91 Å². The molecule has 0 saturated carbocycles. The first-order chi connectivity index (χ1) is 9.87. The monoisotopic (exact) mass is 295 g/mol. The predicted octanol–water partition coefficient (Wildman–Crippen LogP) is 1.60. The second-order valence-electron chi connectivity index (χ2n) is 5.77. The number of carbonyl (C=O) groups excluding carboxylic acids is 1. The number of nitrogens with one attached hydrogen (secondary N) is 1. The van der Waals surface area contributed by atoms with E-state index in [2.05, 4.69) is 36.2 Å². The molecule has 0 aliphatic carbocycles. The number of primary amides is 1. The van der Waals surface area contributed by atoms with Crippen molar-refractivity contribution in [2.24, 2.45) is 5.73 Å². The Labute approximate surface area is 127 Å². The summed E-state index contributed by atoms with van der Waals surface area (Å²) in [5.41, 5.74) is 4.87. The Hall–Kier alpha value is -1.43. The lowest BCUT2D eigenvalue weighted by Gasteiger charge is -2.30. The number of carbonyl (C=O) groups is 1. The van der Waals surface area contributed by atoms with Gasteiger partial charge in [0.15, 0.2) is 5.82 Å². The summed E-state index contributed by atoms with van der Waals surface area (Å²) in [4.78, 5) is 16.3. The molecule has 1 rings (SSSR count). The molecule has 2 atom stereocenters. The minimum Gasteiger partial charge on any atom is -0.368 e. The topological polar surface area (TPSA) is 85.8 Å². The Morgan fingerprint density at radius 3 is 2.52 bits per heavy atom. The molecule has 0 bridgehead atoms. The van der Waals surface area contributed by atoms with Crippen molar-refractivity contribution in [2.75, 3.05) is 6.54 Å². The summed E-state index contributed by atoms with van der Waals surface area (Å²) >= 11 is 0. The number of rotatable bonds is 9. The van der Waals surface area contributed by atoms with E-state index >= 15 is 0 Å². The van der Waals surface area contributed by atoms with Gasteiger partial charge in [-0.05, 0) is 33.2 Å². The maximum atomic E-state index is 11.8. The summed E-state index contributed by atoms with van der Waals surface area (Å²) in [5, 5.41) is 7.82. The minimum absolute atomic E-state index is 0.0645. The van der Waals surface area contributed by atoms with Gasteiger partial charge in [0.1, 0.15) is 5.82 Å². The molecule has 1 aromatic rings. The third kappa shape index (κ3) is 4.27. The summed E-state index contributed by atoms with van der Waals surface area (Å²) in [6, 6.07) is 0.0645.